The normalized spacial score (nSPS) is 11.9. The molecule has 6 heteroatoms. The summed E-state index contributed by atoms with van der Waals surface area (Å²) in [7, 11) is 1.57. The summed E-state index contributed by atoms with van der Waals surface area (Å²) in [5.41, 5.74) is 3.00. The van der Waals surface area contributed by atoms with E-state index in [4.69, 9.17) is 0 Å². The molecular weight excluding hydrogens is 357 g/mol. The van der Waals surface area contributed by atoms with Gasteiger partial charge in [-0.2, -0.15) is 5.10 Å². The van der Waals surface area contributed by atoms with E-state index in [0.29, 0.717) is 17.0 Å². The maximum Gasteiger partial charge on any atom is 0.295 e. The van der Waals surface area contributed by atoms with E-state index in [1.165, 1.54) is 17.0 Å². The SMILES string of the molecule is Cc1nn(-c2ccccc2)c(C)c1C(=O)C(=O)N(C)C(C)c1ccc(F)cc1. The molecule has 0 saturated carbocycles. The molecule has 0 aliphatic rings. The smallest absolute Gasteiger partial charge is 0.295 e. The van der Waals surface area contributed by atoms with Gasteiger partial charge in [0.2, 0.25) is 0 Å². The van der Waals surface area contributed by atoms with Gasteiger partial charge in [0.1, 0.15) is 5.82 Å². The van der Waals surface area contributed by atoms with E-state index < -0.39 is 11.7 Å². The highest BCUT2D eigenvalue weighted by molar-refractivity contribution is 6.43. The van der Waals surface area contributed by atoms with E-state index in [1.807, 2.05) is 30.3 Å². The third kappa shape index (κ3) is 3.58. The lowest BCUT2D eigenvalue weighted by atomic mass is 10.0. The number of carbonyl (C=O) groups excluding carboxylic acids is 2. The number of amides is 1. The van der Waals surface area contributed by atoms with Crippen molar-refractivity contribution in [3.63, 3.8) is 0 Å². The van der Waals surface area contributed by atoms with Gasteiger partial charge in [-0.25, -0.2) is 9.07 Å². The van der Waals surface area contributed by atoms with Gasteiger partial charge in [-0.15, -0.1) is 0 Å². The largest absolute Gasteiger partial charge is 0.332 e. The second kappa shape index (κ2) is 7.76. The van der Waals surface area contributed by atoms with Crippen molar-refractivity contribution in [2.75, 3.05) is 7.05 Å². The molecule has 3 aromatic rings. The van der Waals surface area contributed by atoms with E-state index in [9.17, 15) is 14.0 Å². The predicted octanol–water partition coefficient (Wildman–Crippen LogP) is 4.03. The van der Waals surface area contributed by atoms with Crippen molar-refractivity contribution in [1.82, 2.24) is 14.7 Å². The summed E-state index contributed by atoms with van der Waals surface area (Å²) in [6.07, 6.45) is 0. The molecule has 0 fully saturated rings. The molecule has 1 aromatic heterocycles. The van der Waals surface area contributed by atoms with Gasteiger partial charge in [-0.1, -0.05) is 30.3 Å². The second-order valence-electron chi connectivity index (χ2n) is 6.77. The number of hydrogen-bond donors (Lipinski definition) is 0. The summed E-state index contributed by atoms with van der Waals surface area (Å²) < 4.78 is 14.8. The zero-order valence-electron chi connectivity index (χ0n) is 16.3. The molecule has 0 aliphatic heterocycles. The first kappa shape index (κ1) is 19.5. The topological polar surface area (TPSA) is 55.2 Å². The fourth-order valence-electron chi connectivity index (χ4n) is 3.20. The lowest BCUT2D eigenvalue weighted by molar-refractivity contribution is -0.127. The van der Waals surface area contributed by atoms with Gasteiger partial charge in [0.25, 0.3) is 11.7 Å². The van der Waals surface area contributed by atoms with Crippen molar-refractivity contribution in [3.8, 4) is 5.69 Å². The predicted molar refractivity (Wildman–Crippen MR) is 105 cm³/mol. The number of ketones is 1. The molecule has 28 heavy (non-hydrogen) atoms. The molecule has 2 aromatic carbocycles. The summed E-state index contributed by atoms with van der Waals surface area (Å²) in [5, 5.41) is 4.44. The molecule has 144 valence electrons. The number of carbonyl (C=O) groups is 2. The van der Waals surface area contributed by atoms with E-state index in [-0.39, 0.29) is 11.9 Å². The van der Waals surface area contributed by atoms with E-state index in [1.54, 1.807) is 44.6 Å². The monoisotopic (exact) mass is 379 g/mol. The highest BCUT2D eigenvalue weighted by atomic mass is 19.1. The molecule has 1 atom stereocenters. The highest BCUT2D eigenvalue weighted by Crippen LogP contribution is 2.23. The molecule has 0 N–H and O–H groups in total. The number of para-hydroxylation sites is 1. The maximum atomic E-state index is 13.1. The van der Waals surface area contributed by atoms with Crippen LogP contribution in [-0.4, -0.2) is 33.4 Å². The van der Waals surface area contributed by atoms with E-state index in [2.05, 4.69) is 5.10 Å². The Labute approximate surface area is 163 Å². The molecule has 1 amide bonds. The summed E-state index contributed by atoms with van der Waals surface area (Å²) in [5.74, 6) is -1.58. The van der Waals surface area contributed by atoms with Gasteiger partial charge in [-0.05, 0) is 50.6 Å². The third-order valence-electron chi connectivity index (χ3n) is 4.97. The molecule has 1 heterocycles. The molecule has 0 spiro atoms. The van der Waals surface area contributed by atoms with Crippen LogP contribution in [0.4, 0.5) is 4.39 Å². The first-order valence-corrected chi connectivity index (χ1v) is 9.00. The molecule has 5 nitrogen and oxygen atoms in total. The average molecular weight is 379 g/mol. The quantitative estimate of drug-likeness (QED) is 0.497. The van der Waals surface area contributed by atoms with Crippen LogP contribution in [0.2, 0.25) is 0 Å². The van der Waals surface area contributed by atoms with Gasteiger partial charge in [-0.3, -0.25) is 9.59 Å². The van der Waals surface area contributed by atoms with Gasteiger partial charge in [0, 0.05) is 7.05 Å². The maximum absolute atomic E-state index is 13.1. The fraction of sp³-hybridized carbons (Fsp3) is 0.227. The van der Waals surface area contributed by atoms with Crippen LogP contribution in [0.25, 0.3) is 5.69 Å². The minimum Gasteiger partial charge on any atom is -0.332 e. The van der Waals surface area contributed by atoms with Crippen molar-refractivity contribution in [2.45, 2.75) is 26.8 Å². The summed E-state index contributed by atoms with van der Waals surface area (Å²) >= 11 is 0. The lowest BCUT2D eigenvalue weighted by Crippen LogP contribution is -2.35. The van der Waals surface area contributed by atoms with Gasteiger partial charge in [0.05, 0.1) is 28.7 Å². The van der Waals surface area contributed by atoms with Crippen LogP contribution in [0.1, 0.15) is 40.3 Å². The van der Waals surface area contributed by atoms with Crippen LogP contribution in [0.3, 0.4) is 0 Å². The van der Waals surface area contributed by atoms with E-state index >= 15 is 0 Å². The number of rotatable bonds is 5. The number of aromatic nitrogens is 2. The molecule has 3 rings (SSSR count). The molecule has 0 bridgehead atoms. The van der Waals surface area contributed by atoms with Crippen LogP contribution in [0, 0.1) is 19.7 Å². The Kier molecular flexibility index (Phi) is 5.40. The zero-order chi connectivity index (χ0) is 20.4. The summed E-state index contributed by atoms with van der Waals surface area (Å²) in [6, 6.07) is 15.0. The van der Waals surface area contributed by atoms with Crippen molar-refractivity contribution in [3.05, 3.63) is 82.9 Å². The van der Waals surface area contributed by atoms with Crippen molar-refractivity contribution >= 4 is 11.7 Å². The van der Waals surface area contributed by atoms with Crippen LogP contribution < -0.4 is 0 Å². The van der Waals surface area contributed by atoms with Crippen molar-refractivity contribution in [1.29, 1.82) is 0 Å². The van der Waals surface area contributed by atoms with Crippen LogP contribution in [-0.2, 0) is 4.79 Å². The number of likely N-dealkylation sites (N-methyl/N-ethyl adjacent to an activating group) is 1. The Morgan fingerprint density at radius 2 is 1.64 bits per heavy atom. The van der Waals surface area contributed by atoms with Crippen LogP contribution in [0.15, 0.2) is 54.6 Å². The molecule has 1 unspecified atom stereocenters. The number of nitrogens with zero attached hydrogens (tertiary/aromatic N) is 3. The van der Waals surface area contributed by atoms with Crippen molar-refractivity contribution in [2.24, 2.45) is 0 Å². The van der Waals surface area contributed by atoms with Crippen molar-refractivity contribution < 1.29 is 14.0 Å². The second-order valence-corrected chi connectivity index (χ2v) is 6.77. The van der Waals surface area contributed by atoms with Crippen LogP contribution >= 0.6 is 0 Å². The number of halogens is 1. The Morgan fingerprint density at radius 3 is 2.25 bits per heavy atom. The minimum atomic E-state index is -0.629. The number of benzene rings is 2. The first-order chi connectivity index (χ1) is 13.3. The van der Waals surface area contributed by atoms with Gasteiger partial charge in [0.15, 0.2) is 0 Å². The van der Waals surface area contributed by atoms with Gasteiger partial charge >= 0.3 is 0 Å². The first-order valence-electron chi connectivity index (χ1n) is 9.00. The number of hydrogen-bond acceptors (Lipinski definition) is 3. The van der Waals surface area contributed by atoms with Crippen LogP contribution in [0.5, 0.6) is 0 Å². The zero-order valence-corrected chi connectivity index (χ0v) is 16.3. The Bertz CT molecular complexity index is 1010. The highest BCUT2D eigenvalue weighted by Gasteiger charge is 2.29. The Balaban J connectivity index is 1.88. The molecule has 0 radical (unpaired) electrons. The van der Waals surface area contributed by atoms with E-state index in [0.717, 1.165) is 11.3 Å². The average Bonchev–Trinajstić information content (AvgIpc) is 3.01. The minimum absolute atomic E-state index is 0.312. The Morgan fingerprint density at radius 1 is 1.04 bits per heavy atom. The number of Topliss-reactive ketones (excluding diaryl/α,β-unsaturated/α-hetero) is 1. The lowest BCUT2D eigenvalue weighted by Gasteiger charge is -2.24. The number of aryl methyl sites for hydroxylation is 1. The molecule has 0 aliphatic carbocycles. The molecule has 0 saturated heterocycles. The fourth-order valence-corrected chi connectivity index (χ4v) is 3.20. The third-order valence-corrected chi connectivity index (χ3v) is 4.97. The Hall–Kier alpha value is -3.28. The summed E-state index contributed by atoms with van der Waals surface area (Å²) in [6.45, 7) is 5.29. The standard InChI is InChI=1S/C22H22FN3O2/c1-14-20(16(3)26(24-14)19-8-6-5-7-9-19)21(27)22(28)25(4)15(2)17-10-12-18(23)13-11-17/h5-13,15H,1-4H3. The van der Waals surface area contributed by atoms with Gasteiger partial charge < -0.3 is 4.90 Å². The summed E-state index contributed by atoms with van der Waals surface area (Å²) in [4.78, 5) is 27.2. The molecular formula is C22H22FN3O2.